The number of nitrogens with two attached hydrogens (primary N) is 1. The van der Waals surface area contributed by atoms with Gasteiger partial charge in [-0.25, -0.2) is 0 Å². The first-order valence-electron chi connectivity index (χ1n) is 6.44. The Hall–Kier alpha value is -0.0800. The van der Waals surface area contributed by atoms with E-state index in [4.69, 9.17) is 5.73 Å². The third-order valence-corrected chi connectivity index (χ3v) is 3.79. The summed E-state index contributed by atoms with van der Waals surface area (Å²) in [5, 5.41) is 0. The Morgan fingerprint density at radius 2 is 1.80 bits per heavy atom. The molecular weight excluding hydrogens is 184 g/mol. The second kappa shape index (κ2) is 5.31. The molecule has 1 atom stereocenters. The van der Waals surface area contributed by atoms with Crippen LogP contribution in [0, 0.1) is 5.41 Å². The third kappa shape index (κ3) is 3.76. The van der Waals surface area contributed by atoms with E-state index in [2.05, 4.69) is 32.6 Å². The molecule has 0 bridgehead atoms. The molecule has 0 radical (unpaired) electrons. The summed E-state index contributed by atoms with van der Waals surface area (Å²) >= 11 is 0. The van der Waals surface area contributed by atoms with Crippen LogP contribution in [0.3, 0.4) is 0 Å². The van der Waals surface area contributed by atoms with E-state index in [0.29, 0.717) is 0 Å². The maximum absolute atomic E-state index is 6.25. The zero-order chi connectivity index (χ0) is 11.5. The van der Waals surface area contributed by atoms with Crippen molar-refractivity contribution in [1.29, 1.82) is 0 Å². The van der Waals surface area contributed by atoms with Gasteiger partial charge in [0.2, 0.25) is 0 Å². The van der Waals surface area contributed by atoms with Crippen molar-refractivity contribution in [2.24, 2.45) is 11.1 Å². The first kappa shape index (κ1) is 13.0. The van der Waals surface area contributed by atoms with Gasteiger partial charge in [-0.2, -0.15) is 0 Å². The van der Waals surface area contributed by atoms with Crippen molar-refractivity contribution < 1.29 is 0 Å². The van der Waals surface area contributed by atoms with Crippen molar-refractivity contribution in [3.05, 3.63) is 0 Å². The van der Waals surface area contributed by atoms with Crippen LogP contribution in [0.15, 0.2) is 0 Å². The van der Waals surface area contributed by atoms with E-state index in [0.717, 1.165) is 19.1 Å². The first-order chi connectivity index (χ1) is 6.95. The Morgan fingerprint density at radius 3 is 2.20 bits per heavy atom. The Kier molecular flexibility index (Phi) is 4.60. The van der Waals surface area contributed by atoms with Crippen LogP contribution in [0.2, 0.25) is 0 Å². The lowest BCUT2D eigenvalue weighted by atomic mass is 9.87. The molecule has 0 aromatic rings. The predicted octanol–water partition coefficient (Wildman–Crippen LogP) is 2.62. The zero-order valence-corrected chi connectivity index (χ0v) is 10.9. The van der Waals surface area contributed by atoms with E-state index in [1.54, 1.807) is 0 Å². The lowest BCUT2D eigenvalue weighted by molar-refractivity contribution is 0.159. The molecule has 2 nitrogen and oxygen atoms in total. The maximum Gasteiger partial charge on any atom is 0.0217 e. The van der Waals surface area contributed by atoms with Crippen molar-refractivity contribution in [3.63, 3.8) is 0 Å². The zero-order valence-electron chi connectivity index (χ0n) is 10.9. The lowest BCUT2D eigenvalue weighted by Crippen LogP contribution is -2.48. The van der Waals surface area contributed by atoms with Crippen LogP contribution in [0.25, 0.3) is 0 Å². The van der Waals surface area contributed by atoms with Crippen molar-refractivity contribution in [2.75, 3.05) is 13.1 Å². The van der Waals surface area contributed by atoms with Gasteiger partial charge in [-0.05, 0) is 24.8 Å². The summed E-state index contributed by atoms with van der Waals surface area (Å²) in [6.07, 6.45) is 5.58. The largest absolute Gasteiger partial charge is 0.326 e. The molecule has 0 aliphatic heterocycles. The number of hydrogen-bond acceptors (Lipinski definition) is 2. The molecule has 2 heteroatoms. The molecule has 0 amide bonds. The summed E-state index contributed by atoms with van der Waals surface area (Å²) in [4.78, 5) is 2.59. The fourth-order valence-corrected chi connectivity index (χ4v) is 2.33. The summed E-state index contributed by atoms with van der Waals surface area (Å²) in [6, 6.07) is 1.10. The molecule has 1 saturated carbocycles. The van der Waals surface area contributed by atoms with E-state index in [-0.39, 0.29) is 11.5 Å². The minimum absolute atomic E-state index is 0.228. The van der Waals surface area contributed by atoms with Crippen molar-refractivity contribution in [2.45, 2.75) is 65.5 Å². The maximum atomic E-state index is 6.25. The molecule has 15 heavy (non-hydrogen) atoms. The van der Waals surface area contributed by atoms with E-state index in [1.165, 1.54) is 25.7 Å². The van der Waals surface area contributed by atoms with E-state index >= 15 is 0 Å². The molecule has 0 spiro atoms. The third-order valence-electron chi connectivity index (χ3n) is 3.79. The van der Waals surface area contributed by atoms with E-state index in [1.807, 2.05) is 0 Å². The highest BCUT2D eigenvalue weighted by Gasteiger charge is 2.27. The quantitative estimate of drug-likeness (QED) is 0.776. The second-order valence-electron chi connectivity index (χ2n) is 6.00. The summed E-state index contributed by atoms with van der Waals surface area (Å²) in [6.45, 7) is 11.2. The molecule has 1 fully saturated rings. The molecule has 0 saturated heterocycles. The van der Waals surface area contributed by atoms with Crippen LogP contribution in [0.1, 0.15) is 53.4 Å². The fourth-order valence-electron chi connectivity index (χ4n) is 2.33. The van der Waals surface area contributed by atoms with Gasteiger partial charge in [0, 0.05) is 18.6 Å². The number of rotatable bonds is 4. The predicted molar refractivity (Wildman–Crippen MR) is 66.9 cm³/mol. The highest BCUT2D eigenvalue weighted by atomic mass is 15.2. The molecule has 2 N–H and O–H groups in total. The molecule has 0 aromatic heterocycles. The van der Waals surface area contributed by atoms with Gasteiger partial charge in [0.15, 0.2) is 0 Å². The van der Waals surface area contributed by atoms with Crippen molar-refractivity contribution in [1.82, 2.24) is 4.90 Å². The molecule has 1 aliphatic carbocycles. The Morgan fingerprint density at radius 1 is 1.27 bits per heavy atom. The van der Waals surface area contributed by atoms with Gasteiger partial charge >= 0.3 is 0 Å². The SMILES string of the molecule is CCN(CC(N)C(C)(C)C)C1CCCC1. The molecular formula is C13H28N2. The fraction of sp³-hybridized carbons (Fsp3) is 1.00. The lowest BCUT2D eigenvalue weighted by Gasteiger charge is -2.35. The standard InChI is InChI=1S/C13H28N2/c1-5-15(11-8-6-7-9-11)10-12(14)13(2,3)4/h11-12H,5-10,14H2,1-4H3. The summed E-state index contributed by atoms with van der Waals surface area (Å²) in [7, 11) is 0. The summed E-state index contributed by atoms with van der Waals surface area (Å²) in [5.41, 5.74) is 6.48. The minimum atomic E-state index is 0.228. The van der Waals surface area contributed by atoms with Crippen molar-refractivity contribution >= 4 is 0 Å². The van der Waals surface area contributed by atoms with Crippen LogP contribution >= 0.6 is 0 Å². The second-order valence-corrected chi connectivity index (χ2v) is 6.00. The van der Waals surface area contributed by atoms with Crippen LogP contribution in [0.5, 0.6) is 0 Å². The number of nitrogens with zero attached hydrogens (tertiary/aromatic N) is 1. The average Bonchev–Trinajstić information content (AvgIpc) is 2.64. The van der Waals surface area contributed by atoms with Crippen molar-refractivity contribution in [3.8, 4) is 0 Å². The van der Waals surface area contributed by atoms with Crippen LogP contribution < -0.4 is 5.73 Å². The normalized spacial score (nSPS) is 21.2. The van der Waals surface area contributed by atoms with Gasteiger partial charge in [0.05, 0.1) is 0 Å². The Bertz CT molecular complexity index is 177. The molecule has 0 heterocycles. The Labute approximate surface area is 95.2 Å². The van der Waals surface area contributed by atoms with Crippen LogP contribution in [-0.4, -0.2) is 30.1 Å². The topological polar surface area (TPSA) is 29.3 Å². The molecule has 1 unspecified atom stereocenters. The molecule has 90 valence electrons. The van der Waals surface area contributed by atoms with Gasteiger partial charge in [-0.3, -0.25) is 4.90 Å². The van der Waals surface area contributed by atoms with Crippen LogP contribution in [-0.2, 0) is 0 Å². The van der Waals surface area contributed by atoms with Gasteiger partial charge in [-0.15, -0.1) is 0 Å². The van der Waals surface area contributed by atoms with E-state index in [9.17, 15) is 0 Å². The van der Waals surface area contributed by atoms with E-state index < -0.39 is 0 Å². The Balaban J connectivity index is 2.45. The van der Waals surface area contributed by atoms with Gasteiger partial charge < -0.3 is 5.73 Å². The van der Waals surface area contributed by atoms with Gasteiger partial charge in [0.25, 0.3) is 0 Å². The number of likely N-dealkylation sites (N-methyl/N-ethyl adjacent to an activating group) is 1. The smallest absolute Gasteiger partial charge is 0.0217 e. The van der Waals surface area contributed by atoms with Crippen LogP contribution in [0.4, 0.5) is 0 Å². The highest BCUT2D eigenvalue weighted by molar-refractivity contribution is 4.84. The molecule has 1 aliphatic rings. The molecule has 0 aromatic carbocycles. The minimum Gasteiger partial charge on any atom is -0.326 e. The van der Waals surface area contributed by atoms with Gasteiger partial charge in [-0.1, -0.05) is 40.5 Å². The summed E-state index contributed by atoms with van der Waals surface area (Å²) < 4.78 is 0. The summed E-state index contributed by atoms with van der Waals surface area (Å²) in [5.74, 6) is 0. The highest BCUT2D eigenvalue weighted by Crippen LogP contribution is 2.25. The molecule has 1 rings (SSSR count). The van der Waals surface area contributed by atoms with Gasteiger partial charge in [0.1, 0.15) is 0 Å². The monoisotopic (exact) mass is 212 g/mol. The average molecular weight is 212 g/mol. The number of hydrogen-bond donors (Lipinski definition) is 1. The first-order valence-corrected chi connectivity index (χ1v) is 6.44.